The smallest absolute Gasteiger partial charge is 0.410 e. The van der Waals surface area contributed by atoms with Crippen molar-refractivity contribution in [2.45, 2.75) is 12.1 Å². The second-order valence-electron chi connectivity index (χ2n) is 4.69. The lowest BCUT2D eigenvalue weighted by Crippen LogP contribution is -2.29. The lowest BCUT2D eigenvalue weighted by atomic mass is 9.94. The molecular formula is C15H11ClF3N3O2. The summed E-state index contributed by atoms with van der Waals surface area (Å²) in [6.07, 6.45) is -3.23. The van der Waals surface area contributed by atoms with Gasteiger partial charge >= 0.3 is 6.18 Å². The largest absolute Gasteiger partial charge is 0.417 e. The van der Waals surface area contributed by atoms with Crippen LogP contribution in [0.3, 0.4) is 0 Å². The molecule has 0 radical (unpaired) electrons. The van der Waals surface area contributed by atoms with Crippen LogP contribution in [0, 0.1) is 0 Å². The molecule has 1 aromatic heterocycles. The van der Waals surface area contributed by atoms with Crippen molar-refractivity contribution < 1.29 is 23.2 Å². The fourth-order valence-corrected chi connectivity index (χ4v) is 2.35. The minimum Gasteiger partial charge on any atom is -0.410 e. The Labute approximate surface area is 139 Å². The van der Waals surface area contributed by atoms with Gasteiger partial charge in [0, 0.05) is 6.20 Å². The average molecular weight is 358 g/mol. The Kier molecular flexibility index (Phi) is 5.40. The summed E-state index contributed by atoms with van der Waals surface area (Å²) >= 11 is 5.93. The Hall–Kier alpha value is -2.61. The van der Waals surface area contributed by atoms with Crippen LogP contribution in [0.15, 0.2) is 47.8 Å². The van der Waals surface area contributed by atoms with E-state index in [0.717, 1.165) is 6.34 Å². The second-order valence-corrected chi connectivity index (χ2v) is 5.09. The Morgan fingerprint density at radius 1 is 1.33 bits per heavy atom. The van der Waals surface area contributed by atoms with E-state index in [1.165, 1.54) is 0 Å². The van der Waals surface area contributed by atoms with Crippen LogP contribution < -0.4 is 5.32 Å². The summed E-state index contributed by atoms with van der Waals surface area (Å²) in [5.41, 5.74) is -0.587. The number of hydrogen-bond acceptors (Lipinski definition) is 4. The molecule has 9 heteroatoms. The zero-order chi connectivity index (χ0) is 17.7. The number of pyridine rings is 1. The number of aromatic nitrogens is 1. The Morgan fingerprint density at radius 2 is 2.00 bits per heavy atom. The maximum atomic E-state index is 12.7. The minimum atomic E-state index is -4.59. The van der Waals surface area contributed by atoms with Gasteiger partial charge in [0.2, 0.25) is 5.91 Å². The standard InChI is InChI=1S/C15H11ClF3N3O2/c16-11-6-10(15(17,18)19)7-20-13(11)12(14(23)21-8-22-24)9-4-2-1-3-5-9/h1-8,12,24H,(H,21,22,23)/t12-/m1/s1. The van der Waals surface area contributed by atoms with Crippen molar-refractivity contribution >= 4 is 23.8 Å². The third-order valence-electron chi connectivity index (χ3n) is 3.13. The fourth-order valence-electron chi connectivity index (χ4n) is 2.07. The van der Waals surface area contributed by atoms with Crippen molar-refractivity contribution in [2.24, 2.45) is 5.16 Å². The lowest BCUT2D eigenvalue weighted by Gasteiger charge is -2.17. The van der Waals surface area contributed by atoms with E-state index in [1.54, 1.807) is 30.3 Å². The number of hydrogen-bond donors (Lipinski definition) is 2. The monoisotopic (exact) mass is 357 g/mol. The van der Waals surface area contributed by atoms with E-state index in [2.05, 4.69) is 15.5 Å². The molecule has 0 aliphatic heterocycles. The average Bonchev–Trinajstić information content (AvgIpc) is 2.54. The summed E-state index contributed by atoms with van der Waals surface area (Å²) in [5, 5.41) is 13.0. The van der Waals surface area contributed by atoms with Crippen molar-refractivity contribution in [1.82, 2.24) is 10.3 Å². The first-order valence-electron chi connectivity index (χ1n) is 6.58. The predicted octanol–water partition coefficient (Wildman–Crippen LogP) is 3.42. The molecule has 0 fully saturated rings. The van der Waals surface area contributed by atoms with E-state index >= 15 is 0 Å². The molecule has 1 aromatic carbocycles. The highest BCUT2D eigenvalue weighted by molar-refractivity contribution is 6.31. The number of nitrogens with zero attached hydrogens (tertiary/aromatic N) is 2. The Bertz CT molecular complexity index is 751. The van der Waals surface area contributed by atoms with Gasteiger partial charge in [0.15, 0.2) is 0 Å². The molecule has 1 heterocycles. The molecule has 0 spiro atoms. The first-order valence-corrected chi connectivity index (χ1v) is 6.96. The van der Waals surface area contributed by atoms with Crippen LogP contribution in [0.4, 0.5) is 13.2 Å². The van der Waals surface area contributed by atoms with Crippen molar-refractivity contribution in [3.8, 4) is 0 Å². The van der Waals surface area contributed by atoms with Gasteiger partial charge in [0.1, 0.15) is 12.3 Å². The van der Waals surface area contributed by atoms with E-state index in [-0.39, 0.29) is 10.7 Å². The van der Waals surface area contributed by atoms with E-state index in [4.69, 9.17) is 16.8 Å². The van der Waals surface area contributed by atoms with Crippen LogP contribution in [-0.4, -0.2) is 22.4 Å². The maximum absolute atomic E-state index is 12.7. The van der Waals surface area contributed by atoms with E-state index < -0.39 is 23.6 Å². The molecular weight excluding hydrogens is 347 g/mol. The number of rotatable bonds is 4. The summed E-state index contributed by atoms with van der Waals surface area (Å²) in [6, 6.07) is 8.97. The molecule has 2 rings (SSSR count). The molecule has 0 unspecified atom stereocenters. The van der Waals surface area contributed by atoms with E-state index in [0.29, 0.717) is 17.8 Å². The van der Waals surface area contributed by atoms with E-state index in [9.17, 15) is 18.0 Å². The number of nitrogens with one attached hydrogen (secondary N) is 1. The lowest BCUT2D eigenvalue weighted by molar-refractivity contribution is -0.137. The first-order chi connectivity index (χ1) is 11.3. The maximum Gasteiger partial charge on any atom is 0.417 e. The van der Waals surface area contributed by atoms with Crippen molar-refractivity contribution in [1.29, 1.82) is 0 Å². The third kappa shape index (κ3) is 4.02. The molecule has 0 saturated carbocycles. The van der Waals surface area contributed by atoms with Gasteiger partial charge in [-0.15, -0.1) is 0 Å². The molecule has 0 bridgehead atoms. The van der Waals surface area contributed by atoms with Crippen LogP contribution in [0.5, 0.6) is 0 Å². The third-order valence-corrected chi connectivity index (χ3v) is 3.43. The molecule has 1 amide bonds. The van der Waals surface area contributed by atoms with Gasteiger partial charge in [0.25, 0.3) is 0 Å². The van der Waals surface area contributed by atoms with Gasteiger partial charge < -0.3 is 10.5 Å². The topological polar surface area (TPSA) is 74.6 Å². The molecule has 0 aliphatic rings. The van der Waals surface area contributed by atoms with Crippen molar-refractivity contribution in [3.63, 3.8) is 0 Å². The molecule has 24 heavy (non-hydrogen) atoms. The highest BCUT2D eigenvalue weighted by Crippen LogP contribution is 2.34. The number of alkyl halides is 3. The number of oxime groups is 1. The van der Waals surface area contributed by atoms with Gasteiger partial charge in [-0.3, -0.25) is 9.78 Å². The highest BCUT2D eigenvalue weighted by Gasteiger charge is 2.33. The molecule has 0 aliphatic carbocycles. The molecule has 1 atom stereocenters. The number of amides is 1. The van der Waals surface area contributed by atoms with Crippen LogP contribution >= 0.6 is 11.6 Å². The van der Waals surface area contributed by atoms with Crippen molar-refractivity contribution in [3.05, 3.63) is 64.4 Å². The van der Waals surface area contributed by atoms with Crippen LogP contribution in [0.2, 0.25) is 5.02 Å². The summed E-state index contributed by atoms with van der Waals surface area (Å²) in [7, 11) is 0. The first kappa shape index (κ1) is 17.7. The summed E-state index contributed by atoms with van der Waals surface area (Å²) in [5.74, 6) is -1.73. The second kappa shape index (κ2) is 7.31. The summed E-state index contributed by atoms with van der Waals surface area (Å²) in [6.45, 7) is 0. The van der Waals surface area contributed by atoms with Gasteiger partial charge in [0.05, 0.1) is 16.3 Å². The Balaban J connectivity index is 2.50. The SMILES string of the molecule is O=C(N/C=N\O)[C@H](c1ccccc1)c1ncc(C(F)(F)F)cc1Cl. The molecule has 2 N–H and O–H groups in total. The minimum absolute atomic E-state index is 0.0419. The summed E-state index contributed by atoms with van der Waals surface area (Å²) in [4.78, 5) is 16.0. The van der Waals surface area contributed by atoms with Crippen molar-refractivity contribution in [2.75, 3.05) is 0 Å². The molecule has 2 aromatic rings. The van der Waals surface area contributed by atoms with Crippen LogP contribution in [-0.2, 0) is 11.0 Å². The number of benzene rings is 1. The van der Waals surface area contributed by atoms with Gasteiger partial charge in [-0.05, 0) is 11.6 Å². The van der Waals surface area contributed by atoms with Gasteiger partial charge in [-0.1, -0.05) is 47.1 Å². The number of carbonyl (C=O) groups excluding carboxylic acids is 1. The Morgan fingerprint density at radius 3 is 2.54 bits per heavy atom. The fraction of sp³-hybridized carbons (Fsp3) is 0.133. The van der Waals surface area contributed by atoms with E-state index in [1.807, 2.05) is 0 Å². The van der Waals surface area contributed by atoms with Gasteiger partial charge in [-0.2, -0.15) is 13.2 Å². The normalized spacial score (nSPS) is 13.0. The zero-order valence-corrected chi connectivity index (χ0v) is 12.7. The highest BCUT2D eigenvalue weighted by atomic mass is 35.5. The zero-order valence-electron chi connectivity index (χ0n) is 12.0. The quantitative estimate of drug-likeness (QED) is 0.381. The van der Waals surface area contributed by atoms with Crippen LogP contribution in [0.25, 0.3) is 0 Å². The van der Waals surface area contributed by atoms with Crippen LogP contribution in [0.1, 0.15) is 22.7 Å². The molecule has 126 valence electrons. The number of carbonyl (C=O) groups is 1. The molecule has 0 saturated heterocycles. The van der Waals surface area contributed by atoms with Gasteiger partial charge in [-0.25, -0.2) is 0 Å². The molecule has 5 nitrogen and oxygen atoms in total. The predicted molar refractivity (Wildman–Crippen MR) is 81.0 cm³/mol. The summed E-state index contributed by atoms with van der Waals surface area (Å²) < 4.78 is 38.2. The number of halogens is 4.